The molecule has 0 aliphatic carbocycles. The lowest BCUT2D eigenvalue weighted by molar-refractivity contribution is -0.129. The number of nitrogens with one attached hydrogen (secondary N) is 1. The zero-order valence-corrected chi connectivity index (χ0v) is 16.7. The first-order valence-corrected chi connectivity index (χ1v) is 10.2. The standard InChI is InChI=1S/C20H20FN3O4S/c1-14-11-18(22-28-14)13-24(2)20(25)12-15-3-7-17(8-4-15)23-29(26,27)19-9-5-16(21)6-10-19/h3-11,23H,12-13H2,1-2H3. The summed E-state index contributed by atoms with van der Waals surface area (Å²) in [6, 6.07) is 12.8. The molecule has 0 fully saturated rings. The molecule has 3 aromatic rings. The smallest absolute Gasteiger partial charge is 0.261 e. The van der Waals surface area contributed by atoms with Crippen LogP contribution in [0.5, 0.6) is 0 Å². The third kappa shape index (κ3) is 5.41. The van der Waals surface area contributed by atoms with Gasteiger partial charge in [-0.2, -0.15) is 0 Å². The van der Waals surface area contributed by atoms with Crippen LogP contribution >= 0.6 is 0 Å². The molecule has 9 heteroatoms. The number of hydrogen-bond donors (Lipinski definition) is 1. The van der Waals surface area contributed by atoms with Crippen molar-refractivity contribution in [2.75, 3.05) is 11.8 Å². The summed E-state index contributed by atoms with van der Waals surface area (Å²) in [6.45, 7) is 2.12. The van der Waals surface area contributed by atoms with E-state index in [4.69, 9.17) is 4.52 Å². The fraction of sp³-hybridized carbons (Fsp3) is 0.200. The summed E-state index contributed by atoms with van der Waals surface area (Å²) in [6.07, 6.45) is 0.165. The first kappa shape index (κ1) is 20.5. The molecule has 0 atom stereocenters. The Balaban J connectivity index is 1.60. The van der Waals surface area contributed by atoms with E-state index in [2.05, 4.69) is 9.88 Å². The quantitative estimate of drug-likeness (QED) is 0.638. The molecule has 0 unspecified atom stereocenters. The number of amides is 1. The second kappa shape index (κ2) is 8.44. The van der Waals surface area contributed by atoms with E-state index in [0.29, 0.717) is 23.7 Å². The second-order valence-electron chi connectivity index (χ2n) is 6.61. The van der Waals surface area contributed by atoms with Crippen molar-refractivity contribution in [1.82, 2.24) is 10.1 Å². The van der Waals surface area contributed by atoms with Crippen LogP contribution in [0.1, 0.15) is 17.0 Å². The lowest BCUT2D eigenvalue weighted by atomic mass is 10.1. The molecule has 0 saturated heterocycles. The van der Waals surface area contributed by atoms with Crippen LogP contribution in [0.3, 0.4) is 0 Å². The number of nitrogens with zero attached hydrogens (tertiary/aromatic N) is 2. The average molecular weight is 417 g/mol. The second-order valence-corrected chi connectivity index (χ2v) is 8.29. The van der Waals surface area contributed by atoms with Crippen molar-refractivity contribution in [3.63, 3.8) is 0 Å². The number of aromatic nitrogens is 1. The van der Waals surface area contributed by atoms with Crippen LogP contribution in [0.15, 0.2) is 64.0 Å². The summed E-state index contributed by atoms with van der Waals surface area (Å²) >= 11 is 0. The molecule has 7 nitrogen and oxygen atoms in total. The molecule has 0 spiro atoms. The molecule has 2 aromatic carbocycles. The highest BCUT2D eigenvalue weighted by Crippen LogP contribution is 2.17. The van der Waals surface area contributed by atoms with Crippen LogP contribution in [0.2, 0.25) is 0 Å². The van der Waals surface area contributed by atoms with E-state index in [1.54, 1.807) is 49.2 Å². The van der Waals surface area contributed by atoms with Crippen molar-refractivity contribution in [3.8, 4) is 0 Å². The molecule has 29 heavy (non-hydrogen) atoms. The minimum Gasteiger partial charge on any atom is -0.361 e. The van der Waals surface area contributed by atoms with Gasteiger partial charge in [-0.3, -0.25) is 9.52 Å². The van der Waals surface area contributed by atoms with E-state index in [1.165, 1.54) is 12.1 Å². The molecule has 1 amide bonds. The van der Waals surface area contributed by atoms with Crippen molar-refractivity contribution in [2.45, 2.75) is 24.8 Å². The highest BCUT2D eigenvalue weighted by Gasteiger charge is 2.15. The van der Waals surface area contributed by atoms with Crippen molar-refractivity contribution in [1.29, 1.82) is 0 Å². The van der Waals surface area contributed by atoms with Crippen molar-refractivity contribution in [3.05, 3.63) is 77.4 Å². The van der Waals surface area contributed by atoms with E-state index < -0.39 is 15.8 Å². The van der Waals surface area contributed by atoms with Gasteiger partial charge in [0, 0.05) is 18.8 Å². The Kier molecular flexibility index (Phi) is 5.97. The molecular weight excluding hydrogens is 397 g/mol. The Bertz CT molecular complexity index is 1090. The zero-order valence-electron chi connectivity index (χ0n) is 15.9. The molecule has 3 rings (SSSR count). The largest absolute Gasteiger partial charge is 0.361 e. The van der Waals surface area contributed by atoms with E-state index in [9.17, 15) is 17.6 Å². The zero-order chi connectivity index (χ0) is 21.0. The fourth-order valence-corrected chi connectivity index (χ4v) is 3.71. The number of aryl methyl sites for hydroxylation is 1. The Hall–Kier alpha value is -3.20. The van der Waals surface area contributed by atoms with E-state index >= 15 is 0 Å². The van der Waals surface area contributed by atoms with Crippen molar-refractivity contribution < 1.29 is 22.1 Å². The van der Waals surface area contributed by atoms with Gasteiger partial charge in [0.1, 0.15) is 17.3 Å². The molecule has 0 aliphatic rings. The van der Waals surface area contributed by atoms with Gasteiger partial charge in [-0.15, -0.1) is 0 Å². The van der Waals surface area contributed by atoms with Gasteiger partial charge in [-0.1, -0.05) is 17.3 Å². The molecular formula is C20H20FN3O4S. The lowest BCUT2D eigenvalue weighted by Crippen LogP contribution is -2.27. The number of likely N-dealkylation sites (N-methyl/N-ethyl adjacent to an activating group) is 1. The number of carbonyl (C=O) groups is 1. The van der Waals surface area contributed by atoms with Gasteiger partial charge < -0.3 is 9.42 Å². The fourth-order valence-electron chi connectivity index (χ4n) is 2.65. The minimum atomic E-state index is -3.82. The third-order valence-electron chi connectivity index (χ3n) is 4.19. The minimum absolute atomic E-state index is 0.0390. The molecule has 1 heterocycles. The first-order valence-electron chi connectivity index (χ1n) is 8.76. The summed E-state index contributed by atoms with van der Waals surface area (Å²) < 4.78 is 45.1. The Morgan fingerprint density at radius 1 is 1.14 bits per heavy atom. The van der Waals surface area contributed by atoms with Gasteiger partial charge in [0.2, 0.25) is 5.91 Å². The van der Waals surface area contributed by atoms with Gasteiger partial charge in [0.25, 0.3) is 10.0 Å². The number of anilines is 1. The summed E-state index contributed by atoms with van der Waals surface area (Å²) in [4.78, 5) is 13.9. The number of benzene rings is 2. The maximum Gasteiger partial charge on any atom is 0.261 e. The maximum atomic E-state index is 13.0. The Morgan fingerprint density at radius 2 is 1.79 bits per heavy atom. The molecule has 1 aromatic heterocycles. The molecule has 0 radical (unpaired) electrons. The Morgan fingerprint density at radius 3 is 2.38 bits per heavy atom. The number of rotatable bonds is 7. The van der Waals surface area contributed by atoms with Crippen molar-refractivity contribution in [2.24, 2.45) is 0 Å². The third-order valence-corrected chi connectivity index (χ3v) is 5.58. The monoisotopic (exact) mass is 417 g/mol. The summed E-state index contributed by atoms with van der Waals surface area (Å²) in [7, 11) is -2.14. The highest BCUT2D eigenvalue weighted by molar-refractivity contribution is 7.92. The van der Waals surface area contributed by atoms with Crippen LogP contribution in [0, 0.1) is 12.7 Å². The number of carbonyl (C=O) groups excluding carboxylic acids is 1. The SMILES string of the molecule is Cc1cc(CN(C)C(=O)Cc2ccc(NS(=O)(=O)c3ccc(F)cc3)cc2)no1. The highest BCUT2D eigenvalue weighted by atomic mass is 32.2. The maximum absolute atomic E-state index is 13.0. The van der Waals surface area contributed by atoms with Gasteiger partial charge >= 0.3 is 0 Å². The first-order chi connectivity index (χ1) is 13.7. The van der Waals surface area contributed by atoms with Gasteiger partial charge in [-0.25, -0.2) is 12.8 Å². The summed E-state index contributed by atoms with van der Waals surface area (Å²) in [5, 5.41) is 3.87. The van der Waals surface area contributed by atoms with Gasteiger partial charge in [0.05, 0.1) is 17.9 Å². The molecule has 0 aliphatic heterocycles. The van der Waals surface area contributed by atoms with Crippen LogP contribution in [0.4, 0.5) is 10.1 Å². The van der Waals surface area contributed by atoms with Crippen LogP contribution in [-0.4, -0.2) is 31.4 Å². The van der Waals surface area contributed by atoms with Crippen molar-refractivity contribution >= 4 is 21.6 Å². The lowest BCUT2D eigenvalue weighted by Gasteiger charge is -2.15. The number of hydrogen-bond acceptors (Lipinski definition) is 5. The topological polar surface area (TPSA) is 92.5 Å². The van der Waals surface area contributed by atoms with E-state index in [1.807, 2.05) is 0 Å². The van der Waals surface area contributed by atoms with Gasteiger partial charge in [0.15, 0.2) is 0 Å². The predicted molar refractivity (Wildman–Crippen MR) is 105 cm³/mol. The van der Waals surface area contributed by atoms with Crippen LogP contribution < -0.4 is 4.72 Å². The number of sulfonamides is 1. The molecule has 152 valence electrons. The summed E-state index contributed by atoms with van der Waals surface area (Å²) in [5.74, 6) is 0.0615. The predicted octanol–water partition coefficient (Wildman–Crippen LogP) is 3.12. The van der Waals surface area contributed by atoms with E-state index in [-0.39, 0.29) is 17.2 Å². The Labute approximate surface area is 168 Å². The molecule has 1 N–H and O–H groups in total. The molecule has 0 bridgehead atoms. The van der Waals surface area contributed by atoms with E-state index in [0.717, 1.165) is 17.7 Å². The molecule has 0 saturated carbocycles. The van der Waals surface area contributed by atoms with Crippen LogP contribution in [-0.2, 0) is 27.8 Å². The average Bonchev–Trinajstić information content (AvgIpc) is 3.08. The van der Waals surface area contributed by atoms with Crippen LogP contribution in [0.25, 0.3) is 0 Å². The number of halogens is 1. The van der Waals surface area contributed by atoms with Gasteiger partial charge in [-0.05, 0) is 48.9 Å². The normalized spacial score (nSPS) is 11.3. The summed E-state index contributed by atoms with van der Waals surface area (Å²) in [5.41, 5.74) is 1.75.